The van der Waals surface area contributed by atoms with Gasteiger partial charge in [-0.05, 0) is 43.1 Å². The molecule has 1 nitrogen and oxygen atoms in total. The summed E-state index contributed by atoms with van der Waals surface area (Å²) in [6, 6.07) is 4.52. The average molecular weight is 217 g/mol. The van der Waals surface area contributed by atoms with Crippen molar-refractivity contribution in [2.24, 2.45) is 0 Å². The summed E-state index contributed by atoms with van der Waals surface area (Å²) in [5.74, 6) is -0.267. The number of halogens is 3. The van der Waals surface area contributed by atoms with E-state index in [0.29, 0.717) is 13.0 Å². The predicted octanol–water partition coefficient (Wildman–Crippen LogP) is 2.53. The quantitative estimate of drug-likeness (QED) is 0.747. The first-order chi connectivity index (χ1) is 7.09. The molecular weight excluding hydrogens is 203 g/mol. The van der Waals surface area contributed by atoms with Gasteiger partial charge in [0, 0.05) is 0 Å². The van der Waals surface area contributed by atoms with Crippen molar-refractivity contribution < 1.29 is 13.2 Å². The Morgan fingerprint density at radius 1 is 1.33 bits per heavy atom. The van der Waals surface area contributed by atoms with Crippen molar-refractivity contribution in [3.63, 3.8) is 0 Å². The molecule has 0 aliphatic rings. The van der Waals surface area contributed by atoms with Crippen LogP contribution < -0.4 is 5.32 Å². The van der Waals surface area contributed by atoms with Crippen LogP contribution in [0.15, 0.2) is 18.2 Å². The summed E-state index contributed by atoms with van der Waals surface area (Å²) in [5.41, 5.74) is 1.84. The van der Waals surface area contributed by atoms with Gasteiger partial charge in [0.1, 0.15) is 5.82 Å². The summed E-state index contributed by atoms with van der Waals surface area (Å²) < 4.78 is 36.3. The lowest BCUT2D eigenvalue weighted by Gasteiger charge is -2.07. The molecule has 1 rings (SSSR count). The van der Waals surface area contributed by atoms with E-state index in [1.807, 2.05) is 6.92 Å². The lowest BCUT2D eigenvalue weighted by Crippen LogP contribution is -2.23. The largest absolute Gasteiger partial charge is 0.311 e. The topological polar surface area (TPSA) is 12.0 Å². The number of nitrogens with one attached hydrogen (secondary N) is 1. The maximum absolute atomic E-state index is 12.7. The van der Waals surface area contributed by atoms with Crippen LogP contribution in [0.4, 0.5) is 13.2 Å². The van der Waals surface area contributed by atoms with Gasteiger partial charge in [-0.25, -0.2) is 13.2 Å². The van der Waals surface area contributed by atoms with E-state index in [9.17, 15) is 13.2 Å². The molecule has 84 valence electrons. The predicted molar refractivity (Wildman–Crippen MR) is 53.7 cm³/mol. The van der Waals surface area contributed by atoms with Crippen LogP contribution in [0.5, 0.6) is 0 Å². The molecule has 0 atom stereocenters. The van der Waals surface area contributed by atoms with Gasteiger partial charge < -0.3 is 5.32 Å². The minimum atomic E-state index is -2.32. The summed E-state index contributed by atoms with van der Waals surface area (Å²) in [6.45, 7) is 2.00. The molecule has 1 aromatic carbocycles. The zero-order chi connectivity index (χ0) is 11.3. The molecule has 0 saturated heterocycles. The van der Waals surface area contributed by atoms with Crippen molar-refractivity contribution in [2.75, 3.05) is 13.1 Å². The molecule has 0 saturated carbocycles. The lowest BCUT2D eigenvalue weighted by atomic mass is 10.1. The van der Waals surface area contributed by atoms with Gasteiger partial charge >= 0.3 is 0 Å². The van der Waals surface area contributed by atoms with Crippen LogP contribution in [0.2, 0.25) is 0 Å². The van der Waals surface area contributed by atoms with Crippen LogP contribution in [0.25, 0.3) is 0 Å². The fourth-order valence-electron chi connectivity index (χ4n) is 1.37. The monoisotopic (exact) mass is 217 g/mol. The highest BCUT2D eigenvalue weighted by molar-refractivity contribution is 5.26. The fourth-order valence-corrected chi connectivity index (χ4v) is 1.37. The molecule has 1 N–H and O–H groups in total. The Kier molecular flexibility index (Phi) is 4.62. The number of hydrogen-bond acceptors (Lipinski definition) is 1. The minimum Gasteiger partial charge on any atom is -0.311 e. The molecule has 0 heterocycles. The summed E-state index contributed by atoms with van der Waals surface area (Å²) >= 11 is 0. The Labute approximate surface area is 87.3 Å². The van der Waals surface area contributed by atoms with Crippen molar-refractivity contribution in [1.82, 2.24) is 5.32 Å². The third-order valence-corrected chi connectivity index (χ3v) is 2.17. The summed E-state index contributed by atoms with van der Waals surface area (Å²) in [5, 5.41) is 2.63. The Morgan fingerprint density at radius 2 is 2.07 bits per heavy atom. The van der Waals surface area contributed by atoms with Crippen LogP contribution in [0.3, 0.4) is 0 Å². The minimum absolute atomic E-state index is 0.267. The smallest absolute Gasteiger partial charge is 0.250 e. The van der Waals surface area contributed by atoms with Crippen molar-refractivity contribution in [2.45, 2.75) is 19.8 Å². The Morgan fingerprint density at radius 3 is 2.67 bits per heavy atom. The third kappa shape index (κ3) is 4.34. The molecule has 4 heteroatoms. The maximum Gasteiger partial charge on any atom is 0.250 e. The molecule has 1 aromatic rings. The highest BCUT2D eigenvalue weighted by Crippen LogP contribution is 2.10. The van der Waals surface area contributed by atoms with Crippen LogP contribution >= 0.6 is 0 Å². The normalized spacial score (nSPS) is 11.0. The first-order valence-electron chi connectivity index (χ1n) is 4.83. The molecule has 0 aromatic heterocycles. The van der Waals surface area contributed by atoms with E-state index in [4.69, 9.17) is 0 Å². The Hall–Kier alpha value is -1.03. The second-order valence-electron chi connectivity index (χ2n) is 3.42. The van der Waals surface area contributed by atoms with E-state index in [1.165, 1.54) is 12.1 Å². The fraction of sp³-hybridized carbons (Fsp3) is 0.455. The Bertz CT molecular complexity index is 313. The van der Waals surface area contributed by atoms with Gasteiger partial charge in [-0.2, -0.15) is 0 Å². The van der Waals surface area contributed by atoms with Crippen LogP contribution in [0.1, 0.15) is 11.1 Å². The van der Waals surface area contributed by atoms with Gasteiger partial charge in [0.25, 0.3) is 6.43 Å². The number of hydrogen-bond donors (Lipinski definition) is 1. The van der Waals surface area contributed by atoms with Crippen LogP contribution in [-0.2, 0) is 6.42 Å². The molecule has 0 aliphatic carbocycles. The van der Waals surface area contributed by atoms with Crippen LogP contribution in [0, 0.1) is 12.7 Å². The lowest BCUT2D eigenvalue weighted by molar-refractivity contribution is 0.146. The van der Waals surface area contributed by atoms with E-state index < -0.39 is 6.43 Å². The second kappa shape index (κ2) is 5.75. The molecule has 0 amide bonds. The summed E-state index contributed by atoms with van der Waals surface area (Å²) in [7, 11) is 0. The van der Waals surface area contributed by atoms with Gasteiger partial charge in [-0.15, -0.1) is 0 Å². The van der Waals surface area contributed by atoms with E-state index in [-0.39, 0.29) is 12.4 Å². The summed E-state index contributed by atoms with van der Waals surface area (Å²) in [4.78, 5) is 0. The molecule has 15 heavy (non-hydrogen) atoms. The van der Waals surface area contributed by atoms with E-state index in [0.717, 1.165) is 11.1 Å². The zero-order valence-corrected chi connectivity index (χ0v) is 8.56. The molecule has 0 unspecified atom stereocenters. The number of rotatable bonds is 5. The van der Waals surface area contributed by atoms with Crippen molar-refractivity contribution in [3.05, 3.63) is 35.1 Å². The zero-order valence-electron chi connectivity index (χ0n) is 8.56. The van der Waals surface area contributed by atoms with Gasteiger partial charge in [0.2, 0.25) is 0 Å². The van der Waals surface area contributed by atoms with Crippen LogP contribution in [-0.4, -0.2) is 19.5 Å². The van der Waals surface area contributed by atoms with E-state index in [1.54, 1.807) is 6.07 Å². The van der Waals surface area contributed by atoms with Crippen molar-refractivity contribution >= 4 is 0 Å². The maximum atomic E-state index is 12.7. The van der Waals surface area contributed by atoms with Gasteiger partial charge in [0.05, 0.1) is 6.54 Å². The Balaban J connectivity index is 2.37. The third-order valence-electron chi connectivity index (χ3n) is 2.17. The van der Waals surface area contributed by atoms with Crippen molar-refractivity contribution in [1.29, 1.82) is 0 Å². The van der Waals surface area contributed by atoms with E-state index >= 15 is 0 Å². The van der Waals surface area contributed by atoms with Crippen molar-refractivity contribution in [3.8, 4) is 0 Å². The molecule has 0 aliphatic heterocycles. The first-order valence-corrected chi connectivity index (χ1v) is 4.83. The van der Waals surface area contributed by atoms with E-state index in [2.05, 4.69) is 5.32 Å². The molecule has 0 fully saturated rings. The standard InChI is InChI=1S/C11H14F3N/c1-8-6-10(12)3-2-9(8)4-5-15-7-11(13)14/h2-3,6,11,15H,4-5,7H2,1H3. The van der Waals surface area contributed by atoms with Gasteiger partial charge in [0.15, 0.2) is 0 Å². The first kappa shape index (κ1) is 12.0. The second-order valence-corrected chi connectivity index (χ2v) is 3.42. The summed E-state index contributed by atoms with van der Waals surface area (Å²) in [6.07, 6.45) is -1.68. The number of benzene rings is 1. The van der Waals surface area contributed by atoms with Gasteiger partial charge in [-0.1, -0.05) is 6.07 Å². The van der Waals surface area contributed by atoms with Gasteiger partial charge in [-0.3, -0.25) is 0 Å². The average Bonchev–Trinajstić information content (AvgIpc) is 2.14. The number of aryl methyl sites for hydroxylation is 1. The molecule has 0 radical (unpaired) electrons. The molecular formula is C11H14F3N. The SMILES string of the molecule is Cc1cc(F)ccc1CCNCC(F)F. The molecule has 0 spiro atoms. The number of alkyl halides is 2. The highest BCUT2D eigenvalue weighted by Gasteiger charge is 2.02. The highest BCUT2D eigenvalue weighted by atomic mass is 19.3. The molecule has 0 bridgehead atoms.